The molecule has 0 aromatic heterocycles. The van der Waals surface area contributed by atoms with Gasteiger partial charge in [0.2, 0.25) is 11.8 Å². The molecule has 0 bridgehead atoms. The van der Waals surface area contributed by atoms with Crippen LogP contribution in [0.4, 0.5) is 5.69 Å². The van der Waals surface area contributed by atoms with Gasteiger partial charge in [-0.15, -0.1) is 0 Å². The van der Waals surface area contributed by atoms with Crippen LogP contribution in [0, 0.1) is 5.92 Å². The number of hydrogen-bond acceptors (Lipinski definition) is 4. The van der Waals surface area contributed by atoms with Gasteiger partial charge in [-0.1, -0.05) is 49.1 Å². The van der Waals surface area contributed by atoms with Crippen LogP contribution >= 0.6 is 0 Å². The molecule has 1 saturated heterocycles. The fourth-order valence-electron chi connectivity index (χ4n) is 3.63. The van der Waals surface area contributed by atoms with E-state index < -0.39 is 20.0 Å². The van der Waals surface area contributed by atoms with Crippen molar-refractivity contribution in [2.75, 3.05) is 19.0 Å². The number of anilines is 1. The second-order valence-corrected chi connectivity index (χ2v) is 14.1. The maximum Gasteiger partial charge on any atom is 0.251 e. The smallest absolute Gasteiger partial charge is 0.251 e. The molecule has 8 heteroatoms. The van der Waals surface area contributed by atoms with Crippen LogP contribution in [0.1, 0.15) is 24.4 Å². The van der Waals surface area contributed by atoms with Gasteiger partial charge in [-0.3, -0.25) is 14.4 Å². The number of amides is 3. The molecule has 0 aliphatic carbocycles. The van der Waals surface area contributed by atoms with Gasteiger partial charge in [0.05, 0.1) is 15.2 Å². The predicted molar refractivity (Wildman–Crippen MR) is 128 cm³/mol. The minimum Gasteiger partial charge on any atom is -0.497 e. The molecule has 0 radical (unpaired) electrons. The van der Waals surface area contributed by atoms with Crippen molar-refractivity contribution in [3.63, 3.8) is 0 Å². The van der Waals surface area contributed by atoms with Crippen molar-refractivity contribution in [1.82, 2.24) is 10.6 Å². The normalized spacial score (nSPS) is 17.1. The maximum absolute atomic E-state index is 13.2. The lowest BCUT2D eigenvalue weighted by Crippen LogP contribution is -2.44. The number of carbonyl (C=O) groups excluding carboxylic acids is 3. The van der Waals surface area contributed by atoms with Crippen molar-refractivity contribution >= 4 is 36.7 Å². The number of methoxy groups -OCH3 is 1. The first-order chi connectivity index (χ1) is 15.2. The Morgan fingerprint density at radius 3 is 2.28 bits per heavy atom. The Balaban J connectivity index is 1.79. The first kappa shape index (κ1) is 23.5. The van der Waals surface area contributed by atoms with E-state index >= 15 is 0 Å². The number of benzene rings is 2. The summed E-state index contributed by atoms with van der Waals surface area (Å²) in [5, 5.41) is 9.79. The second kappa shape index (κ2) is 9.99. The van der Waals surface area contributed by atoms with E-state index in [0.29, 0.717) is 30.0 Å². The van der Waals surface area contributed by atoms with Gasteiger partial charge in [-0.25, -0.2) is 0 Å². The van der Waals surface area contributed by atoms with Gasteiger partial charge in [0.15, 0.2) is 0 Å². The molecule has 2 aromatic carbocycles. The molecule has 32 heavy (non-hydrogen) atoms. The number of rotatable bonds is 7. The quantitative estimate of drug-likeness (QED) is 0.562. The van der Waals surface area contributed by atoms with Crippen molar-refractivity contribution in [2.24, 2.45) is 5.92 Å². The van der Waals surface area contributed by atoms with E-state index in [2.05, 4.69) is 35.6 Å². The minimum atomic E-state index is -1.44. The average molecular weight is 454 g/mol. The number of hydrogen-bond donors (Lipinski definition) is 3. The lowest BCUT2D eigenvalue weighted by molar-refractivity contribution is -0.134. The minimum absolute atomic E-state index is 0.126. The largest absolute Gasteiger partial charge is 0.497 e. The number of ether oxygens (including phenoxy) is 1. The van der Waals surface area contributed by atoms with Gasteiger partial charge in [0.1, 0.15) is 11.8 Å². The number of carbonyl (C=O) groups is 3. The molecule has 1 fully saturated rings. The van der Waals surface area contributed by atoms with E-state index in [1.165, 1.54) is 5.19 Å². The number of piperidine rings is 1. The highest BCUT2D eigenvalue weighted by Crippen LogP contribution is 2.22. The Labute approximate surface area is 189 Å². The van der Waals surface area contributed by atoms with Gasteiger partial charge in [-0.2, -0.15) is 0 Å². The Kier molecular flexibility index (Phi) is 7.35. The third kappa shape index (κ3) is 5.97. The molecule has 3 amide bonds. The van der Waals surface area contributed by atoms with Crippen molar-refractivity contribution < 1.29 is 19.1 Å². The molecule has 3 N–H and O–H groups in total. The van der Waals surface area contributed by atoms with Crippen molar-refractivity contribution in [1.29, 1.82) is 0 Å². The van der Waals surface area contributed by atoms with Crippen LogP contribution in [0.5, 0.6) is 5.75 Å². The maximum atomic E-state index is 13.2. The van der Waals surface area contributed by atoms with Gasteiger partial charge < -0.3 is 20.7 Å². The first-order valence-electron chi connectivity index (χ1n) is 10.8. The standard InChI is InChI=1S/C24H31N3O4Si/c1-31-19-9-5-16(6-10-19)22(27-23(29)17-13-14-25-21(28)15-17)24(30)26-18-7-11-20(12-8-18)32(2,3)4/h5-12,17,22H,13-15H2,1-4H3,(H,25,28)(H,26,30)(H,27,29). The van der Waals surface area contributed by atoms with Gasteiger partial charge in [0, 0.05) is 24.6 Å². The third-order valence-corrected chi connectivity index (χ3v) is 7.70. The van der Waals surface area contributed by atoms with Crippen LogP contribution in [0.15, 0.2) is 48.5 Å². The van der Waals surface area contributed by atoms with Gasteiger partial charge >= 0.3 is 0 Å². The fourth-order valence-corrected chi connectivity index (χ4v) is 4.80. The van der Waals surface area contributed by atoms with Crippen LogP contribution in [-0.2, 0) is 14.4 Å². The third-order valence-electron chi connectivity index (χ3n) is 5.63. The highest BCUT2D eigenvalue weighted by Gasteiger charge is 2.30. The molecule has 7 nitrogen and oxygen atoms in total. The van der Waals surface area contributed by atoms with E-state index in [1.54, 1.807) is 31.4 Å². The van der Waals surface area contributed by atoms with Crippen LogP contribution in [-0.4, -0.2) is 39.4 Å². The molecule has 2 atom stereocenters. The lowest BCUT2D eigenvalue weighted by Gasteiger charge is -2.25. The van der Waals surface area contributed by atoms with E-state index in [-0.39, 0.29) is 24.1 Å². The molecule has 3 rings (SSSR count). The van der Waals surface area contributed by atoms with Gasteiger partial charge in [0.25, 0.3) is 5.91 Å². The highest BCUT2D eigenvalue weighted by atomic mass is 28.3. The molecule has 1 aliphatic rings. The van der Waals surface area contributed by atoms with Crippen molar-refractivity contribution in [3.8, 4) is 5.75 Å². The van der Waals surface area contributed by atoms with E-state index in [0.717, 1.165) is 0 Å². The summed E-state index contributed by atoms with van der Waals surface area (Å²) in [4.78, 5) is 37.8. The van der Waals surface area contributed by atoms with Crippen molar-refractivity contribution in [2.45, 2.75) is 38.5 Å². The summed E-state index contributed by atoms with van der Waals surface area (Å²) < 4.78 is 5.20. The fraction of sp³-hybridized carbons (Fsp3) is 0.375. The second-order valence-electron chi connectivity index (χ2n) is 9.07. The monoisotopic (exact) mass is 453 g/mol. The molecule has 0 saturated carbocycles. The molecule has 2 unspecified atom stereocenters. The van der Waals surface area contributed by atoms with Crippen LogP contribution < -0.4 is 25.9 Å². The zero-order chi connectivity index (χ0) is 23.3. The summed E-state index contributed by atoms with van der Waals surface area (Å²) in [6.45, 7) is 7.25. The average Bonchev–Trinajstić information content (AvgIpc) is 2.77. The summed E-state index contributed by atoms with van der Waals surface area (Å²) in [5.74, 6) is -0.586. The summed E-state index contributed by atoms with van der Waals surface area (Å²) in [6, 6.07) is 14.0. The molecule has 0 spiro atoms. The van der Waals surface area contributed by atoms with E-state index in [1.807, 2.05) is 24.3 Å². The summed E-state index contributed by atoms with van der Waals surface area (Å²) in [6.07, 6.45) is 0.674. The topological polar surface area (TPSA) is 96.5 Å². The Morgan fingerprint density at radius 2 is 1.72 bits per heavy atom. The Hall–Kier alpha value is -3.13. The molecular formula is C24H31N3O4Si. The first-order valence-corrected chi connectivity index (χ1v) is 14.3. The Bertz CT molecular complexity index is 968. The van der Waals surface area contributed by atoms with E-state index in [4.69, 9.17) is 4.74 Å². The lowest BCUT2D eigenvalue weighted by atomic mass is 9.95. The predicted octanol–water partition coefficient (Wildman–Crippen LogP) is 2.56. The zero-order valence-corrected chi connectivity index (χ0v) is 20.0. The molecule has 1 aliphatic heterocycles. The van der Waals surface area contributed by atoms with Gasteiger partial charge in [-0.05, 0) is 36.2 Å². The zero-order valence-electron chi connectivity index (χ0n) is 19.0. The summed E-state index contributed by atoms with van der Waals surface area (Å²) in [7, 11) is 0.128. The van der Waals surface area contributed by atoms with Crippen LogP contribution in [0.3, 0.4) is 0 Å². The van der Waals surface area contributed by atoms with Crippen LogP contribution in [0.2, 0.25) is 19.6 Å². The molecular weight excluding hydrogens is 422 g/mol. The van der Waals surface area contributed by atoms with E-state index in [9.17, 15) is 14.4 Å². The molecule has 2 aromatic rings. The number of nitrogens with one attached hydrogen (secondary N) is 3. The molecule has 1 heterocycles. The van der Waals surface area contributed by atoms with Crippen molar-refractivity contribution in [3.05, 3.63) is 54.1 Å². The van der Waals surface area contributed by atoms with Crippen LogP contribution in [0.25, 0.3) is 0 Å². The summed E-state index contributed by atoms with van der Waals surface area (Å²) >= 11 is 0. The highest BCUT2D eigenvalue weighted by molar-refractivity contribution is 6.88. The Morgan fingerprint density at radius 1 is 1.06 bits per heavy atom. The SMILES string of the molecule is COc1ccc(C(NC(=O)C2CCNC(=O)C2)C(=O)Nc2ccc([Si](C)(C)C)cc2)cc1. The summed E-state index contributed by atoms with van der Waals surface area (Å²) in [5.41, 5.74) is 1.30. The molecule has 170 valence electrons.